The normalized spacial score (nSPS) is 22.3. The molecule has 160 valence electrons. The highest BCUT2D eigenvalue weighted by atomic mass is 32.1. The number of likely N-dealkylation sites (tertiary alicyclic amines) is 1. The Morgan fingerprint density at radius 2 is 2.17 bits per heavy atom. The van der Waals surface area contributed by atoms with Gasteiger partial charge in [0.15, 0.2) is 0 Å². The summed E-state index contributed by atoms with van der Waals surface area (Å²) in [7, 11) is 1.57. The summed E-state index contributed by atoms with van der Waals surface area (Å²) in [6.45, 7) is 2.72. The number of piperidine rings is 1. The largest absolute Gasteiger partial charge is 0.495 e. The average molecular weight is 432 g/mol. The second-order valence-corrected chi connectivity index (χ2v) is 8.64. The highest BCUT2D eigenvalue weighted by molar-refractivity contribution is 7.10. The van der Waals surface area contributed by atoms with Gasteiger partial charge in [-0.15, -0.1) is 0 Å². The molecular formula is C20H25N5O4S. The number of nitrogens with zero attached hydrogens (tertiary/aromatic N) is 3. The van der Waals surface area contributed by atoms with Gasteiger partial charge in [-0.25, -0.2) is 4.79 Å². The number of aliphatic hydroxyl groups is 1. The van der Waals surface area contributed by atoms with Crippen molar-refractivity contribution in [2.45, 2.75) is 43.7 Å². The minimum Gasteiger partial charge on any atom is -0.495 e. The van der Waals surface area contributed by atoms with Gasteiger partial charge in [0.25, 0.3) is 5.91 Å². The van der Waals surface area contributed by atoms with Crippen LogP contribution in [0, 0.1) is 6.92 Å². The Bertz CT molecular complexity index is 928. The molecule has 2 atom stereocenters. The molecule has 1 aliphatic heterocycles. The van der Waals surface area contributed by atoms with Crippen molar-refractivity contribution in [3.05, 3.63) is 35.8 Å². The van der Waals surface area contributed by atoms with Gasteiger partial charge in [0.2, 0.25) is 0 Å². The Morgan fingerprint density at radius 3 is 2.77 bits per heavy atom. The van der Waals surface area contributed by atoms with E-state index in [1.54, 1.807) is 18.2 Å². The number of hydrogen-bond donors (Lipinski definition) is 3. The summed E-state index contributed by atoms with van der Waals surface area (Å²) in [5, 5.41) is 16.8. The molecule has 0 radical (unpaired) electrons. The molecule has 3 amide bonds. The van der Waals surface area contributed by atoms with Gasteiger partial charge in [0, 0.05) is 30.7 Å². The van der Waals surface area contributed by atoms with E-state index in [1.807, 2.05) is 25.1 Å². The molecule has 2 aliphatic rings. The van der Waals surface area contributed by atoms with Crippen LogP contribution in [-0.2, 0) is 4.79 Å². The first-order chi connectivity index (χ1) is 14.4. The molecule has 10 heteroatoms. The zero-order valence-corrected chi connectivity index (χ0v) is 17.7. The number of pyridine rings is 1. The van der Waals surface area contributed by atoms with Crippen molar-refractivity contribution in [1.82, 2.24) is 19.6 Å². The molecule has 0 aromatic carbocycles. The van der Waals surface area contributed by atoms with E-state index in [0.717, 1.165) is 11.4 Å². The summed E-state index contributed by atoms with van der Waals surface area (Å²) in [6, 6.07) is 4.95. The van der Waals surface area contributed by atoms with Crippen molar-refractivity contribution in [3.63, 3.8) is 0 Å². The average Bonchev–Trinajstić information content (AvgIpc) is 3.37. The second kappa shape index (κ2) is 8.19. The van der Waals surface area contributed by atoms with E-state index in [0.29, 0.717) is 43.1 Å². The molecule has 30 heavy (non-hydrogen) atoms. The van der Waals surface area contributed by atoms with E-state index in [9.17, 15) is 14.7 Å². The zero-order valence-electron chi connectivity index (χ0n) is 16.9. The number of methoxy groups -OCH3 is 1. The molecule has 0 unspecified atom stereocenters. The third-order valence-electron chi connectivity index (χ3n) is 5.58. The predicted octanol–water partition coefficient (Wildman–Crippen LogP) is 1.89. The van der Waals surface area contributed by atoms with Gasteiger partial charge in [-0.3, -0.25) is 15.1 Å². The Hall–Kier alpha value is -2.72. The summed E-state index contributed by atoms with van der Waals surface area (Å²) >= 11 is 1.23. The summed E-state index contributed by atoms with van der Waals surface area (Å²) in [5.41, 5.74) is 0.398. The molecular weight excluding hydrogens is 406 g/mol. The fourth-order valence-electron chi connectivity index (χ4n) is 3.71. The predicted molar refractivity (Wildman–Crippen MR) is 112 cm³/mol. The molecule has 0 spiro atoms. The van der Waals surface area contributed by atoms with Crippen LogP contribution in [-0.4, -0.2) is 63.1 Å². The van der Waals surface area contributed by atoms with E-state index in [2.05, 4.69) is 20.0 Å². The van der Waals surface area contributed by atoms with Crippen molar-refractivity contribution in [1.29, 1.82) is 0 Å². The molecule has 2 fully saturated rings. The van der Waals surface area contributed by atoms with E-state index >= 15 is 0 Å². The number of anilines is 1. The van der Waals surface area contributed by atoms with Gasteiger partial charge >= 0.3 is 6.03 Å². The molecule has 3 heterocycles. The maximum absolute atomic E-state index is 12.7. The van der Waals surface area contributed by atoms with Gasteiger partial charge in [-0.05, 0) is 55.9 Å². The number of aromatic nitrogens is 2. The number of rotatable bonds is 5. The Balaban J connectivity index is 1.50. The topological polar surface area (TPSA) is 117 Å². The lowest BCUT2D eigenvalue weighted by atomic mass is 9.88. The lowest BCUT2D eigenvalue weighted by Crippen LogP contribution is -2.54. The SMILES string of the molecule is COc1ccc([C@@H]2CN(C(=O)C3(O)CC3)CC[C@H]2NC(=O)Nc2cc(C)ns2)nc1. The van der Waals surface area contributed by atoms with Crippen LogP contribution in [0.3, 0.4) is 0 Å². The monoisotopic (exact) mass is 431 g/mol. The van der Waals surface area contributed by atoms with Gasteiger partial charge < -0.3 is 20.1 Å². The van der Waals surface area contributed by atoms with Gasteiger partial charge in [-0.1, -0.05) is 0 Å². The first kappa shape index (κ1) is 20.5. The van der Waals surface area contributed by atoms with Gasteiger partial charge in [0.1, 0.15) is 16.4 Å². The number of amides is 3. The fraction of sp³-hybridized carbons (Fsp3) is 0.500. The first-order valence-corrected chi connectivity index (χ1v) is 10.7. The number of carbonyl (C=O) groups excluding carboxylic acids is 2. The quantitative estimate of drug-likeness (QED) is 0.666. The maximum atomic E-state index is 12.7. The van der Waals surface area contributed by atoms with Gasteiger partial charge in [-0.2, -0.15) is 4.37 Å². The van der Waals surface area contributed by atoms with Gasteiger partial charge in [0.05, 0.1) is 19.0 Å². The van der Waals surface area contributed by atoms with Crippen LogP contribution in [0.4, 0.5) is 9.80 Å². The summed E-state index contributed by atoms with van der Waals surface area (Å²) in [5.74, 6) is 0.201. The molecule has 0 bridgehead atoms. The molecule has 3 N–H and O–H groups in total. The highest BCUT2D eigenvalue weighted by Crippen LogP contribution is 2.38. The van der Waals surface area contributed by atoms with E-state index in [1.165, 1.54) is 11.5 Å². The third-order valence-corrected chi connectivity index (χ3v) is 6.37. The summed E-state index contributed by atoms with van der Waals surface area (Å²) in [6.07, 6.45) is 3.20. The number of urea groups is 1. The molecule has 4 rings (SSSR count). The number of aryl methyl sites for hydroxylation is 1. The van der Waals surface area contributed by atoms with Crippen LogP contribution < -0.4 is 15.4 Å². The van der Waals surface area contributed by atoms with E-state index in [4.69, 9.17) is 4.74 Å². The highest BCUT2D eigenvalue weighted by Gasteiger charge is 2.51. The molecule has 2 aromatic rings. The lowest BCUT2D eigenvalue weighted by molar-refractivity contribution is -0.144. The second-order valence-electron chi connectivity index (χ2n) is 7.84. The molecule has 2 aromatic heterocycles. The molecule has 1 saturated carbocycles. The number of ether oxygens (including phenoxy) is 1. The van der Waals surface area contributed by atoms with Crippen molar-refractivity contribution < 1.29 is 19.4 Å². The zero-order chi connectivity index (χ0) is 21.3. The Labute approximate surface area is 178 Å². The van der Waals surface area contributed by atoms with Crippen molar-refractivity contribution >= 4 is 28.5 Å². The van der Waals surface area contributed by atoms with Crippen molar-refractivity contribution in [3.8, 4) is 5.75 Å². The van der Waals surface area contributed by atoms with E-state index < -0.39 is 5.60 Å². The van der Waals surface area contributed by atoms with Crippen LogP contribution in [0.1, 0.15) is 36.6 Å². The van der Waals surface area contributed by atoms with Crippen LogP contribution in [0.25, 0.3) is 0 Å². The summed E-state index contributed by atoms with van der Waals surface area (Å²) in [4.78, 5) is 31.4. The lowest BCUT2D eigenvalue weighted by Gasteiger charge is -2.39. The number of carbonyl (C=O) groups is 2. The smallest absolute Gasteiger partial charge is 0.320 e. The number of nitrogens with one attached hydrogen (secondary N) is 2. The Kier molecular flexibility index (Phi) is 5.61. The molecule has 9 nitrogen and oxygen atoms in total. The minimum absolute atomic E-state index is 0.204. The van der Waals surface area contributed by atoms with Crippen molar-refractivity contribution in [2.24, 2.45) is 0 Å². The number of hydrogen-bond acceptors (Lipinski definition) is 7. The van der Waals surface area contributed by atoms with Crippen LogP contribution in [0.5, 0.6) is 5.75 Å². The third kappa shape index (κ3) is 4.39. The maximum Gasteiger partial charge on any atom is 0.320 e. The fourth-order valence-corrected chi connectivity index (χ4v) is 4.36. The summed E-state index contributed by atoms with van der Waals surface area (Å²) < 4.78 is 9.35. The van der Waals surface area contributed by atoms with E-state index in [-0.39, 0.29) is 23.9 Å². The molecule has 1 saturated heterocycles. The minimum atomic E-state index is -1.21. The molecule has 1 aliphatic carbocycles. The Morgan fingerprint density at radius 1 is 1.37 bits per heavy atom. The van der Waals surface area contributed by atoms with Crippen LogP contribution in [0.15, 0.2) is 24.4 Å². The van der Waals surface area contributed by atoms with Crippen molar-refractivity contribution in [2.75, 3.05) is 25.5 Å². The standard InChI is InChI=1S/C20H25N5O4S/c1-12-9-17(30-24-12)23-19(27)22-16-5-8-25(18(26)20(28)6-7-20)11-14(16)15-4-3-13(29-2)10-21-15/h3-4,9-10,14,16,28H,5-8,11H2,1-2H3,(H2,22,23,27)/t14-,16+/m0/s1. The van der Waals surface area contributed by atoms with Crippen LogP contribution in [0.2, 0.25) is 0 Å². The first-order valence-electron chi connectivity index (χ1n) is 9.90. The van der Waals surface area contributed by atoms with Crippen LogP contribution >= 0.6 is 11.5 Å².